The molecule has 106 valence electrons. The Morgan fingerprint density at radius 2 is 1.63 bits per heavy atom. The number of benzene rings is 1. The highest BCUT2D eigenvalue weighted by molar-refractivity contribution is 7.89. The Balaban J connectivity index is 3.53. The predicted octanol–water partition coefficient (Wildman–Crippen LogP) is -0.325. The van der Waals surface area contributed by atoms with Gasteiger partial charge in [-0.25, -0.2) is 17.2 Å². The lowest BCUT2D eigenvalue weighted by molar-refractivity contribution is 0.420. The van der Waals surface area contributed by atoms with Crippen molar-refractivity contribution in [2.24, 2.45) is 0 Å². The van der Waals surface area contributed by atoms with Gasteiger partial charge in [-0.3, -0.25) is 0 Å². The van der Waals surface area contributed by atoms with E-state index in [0.29, 0.717) is 12.1 Å². The predicted molar refractivity (Wildman–Crippen MR) is 66.3 cm³/mol. The summed E-state index contributed by atoms with van der Waals surface area (Å²) in [4.78, 5) is -0.648. The highest BCUT2D eigenvalue weighted by atomic mass is 32.2. The van der Waals surface area contributed by atoms with E-state index in [-0.39, 0.29) is 13.1 Å². The fourth-order valence-electron chi connectivity index (χ4n) is 1.67. The Labute approximate surface area is 110 Å². The second kappa shape index (κ2) is 5.95. The summed E-state index contributed by atoms with van der Waals surface area (Å²) in [6, 6.07) is 0.925. The van der Waals surface area contributed by atoms with Gasteiger partial charge in [-0.05, 0) is 12.1 Å². The molecule has 0 aromatic heterocycles. The van der Waals surface area contributed by atoms with Gasteiger partial charge in [0.1, 0.15) is 0 Å². The van der Waals surface area contributed by atoms with Crippen molar-refractivity contribution >= 4 is 22.6 Å². The van der Waals surface area contributed by atoms with Crippen molar-refractivity contribution in [1.82, 2.24) is 4.31 Å². The van der Waals surface area contributed by atoms with Crippen molar-refractivity contribution in [2.45, 2.75) is 18.7 Å². The molecule has 2 N–H and O–H groups in total. The minimum atomic E-state index is -4.11. The van der Waals surface area contributed by atoms with Gasteiger partial charge in [-0.2, -0.15) is 4.31 Å². The van der Waals surface area contributed by atoms with E-state index in [0.717, 1.165) is 4.31 Å². The minimum Gasteiger partial charge on any atom is -0.423 e. The first-order valence-electron chi connectivity index (χ1n) is 5.60. The summed E-state index contributed by atoms with van der Waals surface area (Å²) < 4.78 is 51.7. The van der Waals surface area contributed by atoms with Crippen LogP contribution in [0.2, 0.25) is 0 Å². The van der Waals surface area contributed by atoms with Crippen molar-refractivity contribution in [3.8, 4) is 0 Å². The van der Waals surface area contributed by atoms with Gasteiger partial charge in [0, 0.05) is 18.6 Å². The molecule has 1 rings (SSSR count). The molecule has 0 amide bonds. The fourth-order valence-corrected chi connectivity index (χ4v) is 3.34. The van der Waals surface area contributed by atoms with Crippen LogP contribution in [-0.4, -0.2) is 43.0 Å². The number of nitrogens with zero attached hydrogens (tertiary/aromatic N) is 1. The van der Waals surface area contributed by atoms with Gasteiger partial charge in [0.05, 0.1) is 4.90 Å². The average Bonchev–Trinajstić information content (AvgIpc) is 2.32. The standard InChI is InChI=1S/C10H14BF2NO4S/c1-3-14(4-2)19(17,18)10-6-9(13)8(12)5-7(10)11(15)16/h5-6,15-16H,3-4H2,1-2H3. The summed E-state index contributed by atoms with van der Waals surface area (Å²) in [5.41, 5.74) is -0.592. The van der Waals surface area contributed by atoms with E-state index in [2.05, 4.69) is 0 Å². The highest BCUT2D eigenvalue weighted by Gasteiger charge is 2.30. The molecule has 19 heavy (non-hydrogen) atoms. The molecule has 0 bridgehead atoms. The molecular formula is C10H14BF2NO4S. The molecule has 5 nitrogen and oxygen atoms in total. The smallest absolute Gasteiger partial charge is 0.423 e. The first-order chi connectivity index (χ1) is 8.75. The molecule has 0 aliphatic rings. The second-order valence-electron chi connectivity index (χ2n) is 3.77. The van der Waals surface area contributed by atoms with Crippen LogP contribution < -0.4 is 5.46 Å². The molecule has 0 unspecified atom stereocenters. The van der Waals surface area contributed by atoms with Crippen molar-refractivity contribution < 1.29 is 27.2 Å². The Morgan fingerprint density at radius 1 is 1.16 bits per heavy atom. The highest BCUT2D eigenvalue weighted by Crippen LogP contribution is 2.17. The molecule has 0 atom stereocenters. The molecule has 0 saturated heterocycles. The zero-order chi connectivity index (χ0) is 14.8. The molecule has 0 aliphatic carbocycles. The summed E-state index contributed by atoms with van der Waals surface area (Å²) in [5.74, 6) is -2.71. The van der Waals surface area contributed by atoms with Crippen molar-refractivity contribution in [3.05, 3.63) is 23.8 Å². The summed E-state index contributed by atoms with van der Waals surface area (Å²) in [5, 5.41) is 18.2. The molecule has 0 radical (unpaired) electrons. The largest absolute Gasteiger partial charge is 0.489 e. The summed E-state index contributed by atoms with van der Waals surface area (Å²) in [7, 11) is -6.32. The van der Waals surface area contributed by atoms with Crippen LogP contribution in [0.5, 0.6) is 0 Å². The van der Waals surface area contributed by atoms with Crippen molar-refractivity contribution in [1.29, 1.82) is 0 Å². The second-order valence-corrected chi connectivity index (χ2v) is 5.67. The van der Waals surface area contributed by atoms with Crippen LogP contribution in [0.15, 0.2) is 17.0 Å². The number of rotatable bonds is 5. The van der Waals surface area contributed by atoms with Crippen LogP contribution in [0.4, 0.5) is 8.78 Å². The Hall–Kier alpha value is -1.03. The van der Waals surface area contributed by atoms with Gasteiger partial charge in [0.25, 0.3) is 0 Å². The van der Waals surface area contributed by atoms with Gasteiger partial charge in [-0.1, -0.05) is 13.8 Å². The normalized spacial score (nSPS) is 11.9. The Kier molecular flexibility index (Phi) is 5.02. The van der Waals surface area contributed by atoms with Crippen LogP contribution >= 0.6 is 0 Å². The number of hydrogen-bond donors (Lipinski definition) is 2. The van der Waals surface area contributed by atoms with Crippen LogP contribution in [0.3, 0.4) is 0 Å². The zero-order valence-electron chi connectivity index (χ0n) is 10.5. The third-order valence-electron chi connectivity index (χ3n) is 2.65. The molecule has 9 heteroatoms. The lowest BCUT2D eigenvalue weighted by Crippen LogP contribution is -2.40. The van der Waals surface area contributed by atoms with Gasteiger partial charge in [0.15, 0.2) is 11.6 Å². The van der Waals surface area contributed by atoms with Crippen LogP contribution in [0.25, 0.3) is 0 Å². The fraction of sp³-hybridized carbons (Fsp3) is 0.400. The minimum absolute atomic E-state index is 0.124. The molecular weight excluding hydrogens is 279 g/mol. The molecule has 0 saturated carbocycles. The maximum absolute atomic E-state index is 13.2. The Morgan fingerprint density at radius 3 is 2.05 bits per heavy atom. The quantitative estimate of drug-likeness (QED) is 0.729. The van der Waals surface area contributed by atoms with E-state index in [9.17, 15) is 17.2 Å². The monoisotopic (exact) mass is 293 g/mol. The van der Waals surface area contributed by atoms with E-state index in [1.807, 2.05) is 0 Å². The van der Waals surface area contributed by atoms with Gasteiger partial charge >= 0.3 is 7.12 Å². The maximum Gasteiger partial charge on any atom is 0.489 e. The number of sulfonamides is 1. The van der Waals surface area contributed by atoms with Crippen LogP contribution in [0, 0.1) is 11.6 Å². The Bertz CT molecular complexity index is 561. The third-order valence-corrected chi connectivity index (χ3v) is 4.76. The van der Waals surface area contributed by atoms with Crippen molar-refractivity contribution in [2.75, 3.05) is 13.1 Å². The van der Waals surface area contributed by atoms with Crippen molar-refractivity contribution in [3.63, 3.8) is 0 Å². The van der Waals surface area contributed by atoms with E-state index < -0.39 is 39.1 Å². The molecule has 1 aromatic rings. The first-order valence-corrected chi connectivity index (χ1v) is 7.04. The molecule has 0 aliphatic heterocycles. The molecule has 1 aromatic carbocycles. The summed E-state index contributed by atoms with van der Waals surface area (Å²) in [6.07, 6.45) is 0. The average molecular weight is 293 g/mol. The van der Waals surface area contributed by atoms with Crippen LogP contribution in [0.1, 0.15) is 13.8 Å². The molecule has 0 heterocycles. The van der Waals surface area contributed by atoms with Crippen LogP contribution in [-0.2, 0) is 10.0 Å². The number of hydrogen-bond acceptors (Lipinski definition) is 4. The summed E-state index contributed by atoms with van der Waals surface area (Å²) >= 11 is 0. The number of halogens is 2. The SMILES string of the molecule is CCN(CC)S(=O)(=O)c1cc(F)c(F)cc1B(O)O. The first kappa shape index (κ1) is 16.0. The van der Waals surface area contributed by atoms with Gasteiger partial charge in [-0.15, -0.1) is 0 Å². The summed E-state index contributed by atoms with van der Waals surface area (Å²) in [6.45, 7) is 3.41. The van der Waals surface area contributed by atoms with E-state index in [4.69, 9.17) is 10.0 Å². The lowest BCUT2D eigenvalue weighted by atomic mass is 9.80. The van der Waals surface area contributed by atoms with E-state index in [1.165, 1.54) is 0 Å². The molecule has 0 spiro atoms. The topological polar surface area (TPSA) is 77.8 Å². The van der Waals surface area contributed by atoms with Gasteiger partial charge < -0.3 is 10.0 Å². The molecule has 0 fully saturated rings. The lowest BCUT2D eigenvalue weighted by Gasteiger charge is -2.20. The zero-order valence-corrected chi connectivity index (χ0v) is 11.3. The van der Waals surface area contributed by atoms with E-state index in [1.54, 1.807) is 13.8 Å². The van der Waals surface area contributed by atoms with Gasteiger partial charge in [0.2, 0.25) is 10.0 Å². The third kappa shape index (κ3) is 3.11. The maximum atomic E-state index is 13.2. The van der Waals surface area contributed by atoms with E-state index >= 15 is 0 Å².